The predicted molar refractivity (Wildman–Crippen MR) is 47.4 cm³/mol. The van der Waals surface area contributed by atoms with Gasteiger partial charge in [0.1, 0.15) is 0 Å². The summed E-state index contributed by atoms with van der Waals surface area (Å²) in [6, 6.07) is 1.14. The number of halogens is 2. The van der Waals surface area contributed by atoms with Crippen molar-refractivity contribution >= 4 is 0 Å². The van der Waals surface area contributed by atoms with Gasteiger partial charge in [0, 0.05) is 18.2 Å². The molecule has 0 aromatic heterocycles. The summed E-state index contributed by atoms with van der Waals surface area (Å²) in [5.41, 5.74) is 4.97. The van der Waals surface area contributed by atoms with Crippen molar-refractivity contribution in [2.24, 2.45) is 5.73 Å². The fraction of sp³-hybridized carbons (Fsp3) is 0.333. The third-order valence-electron chi connectivity index (χ3n) is 1.87. The number of nitrogens with two attached hydrogens (primary N) is 1. The Morgan fingerprint density at radius 3 is 1.86 bits per heavy atom. The minimum Gasteiger partial charge on any atom is -0.494 e. The lowest BCUT2D eigenvalue weighted by Crippen LogP contribution is -2.06. The second-order valence-corrected chi connectivity index (χ2v) is 2.59. The van der Waals surface area contributed by atoms with Crippen molar-refractivity contribution in [3.63, 3.8) is 0 Å². The Bertz CT molecular complexity index is 314. The van der Waals surface area contributed by atoms with Crippen LogP contribution in [0, 0.1) is 11.6 Å². The van der Waals surface area contributed by atoms with Crippen LogP contribution in [0.5, 0.6) is 11.5 Å². The topological polar surface area (TPSA) is 44.5 Å². The van der Waals surface area contributed by atoms with E-state index < -0.39 is 11.6 Å². The first-order valence-corrected chi connectivity index (χ1v) is 3.94. The van der Waals surface area contributed by atoms with Gasteiger partial charge in [0.05, 0.1) is 14.2 Å². The van der Waals surface area contributed by atoms with Gasteiger partial charge in [-0.05, 0) is 0 Å². The van der Waals surface area contributed by atoms with Crippen LogP contribution in [-0.4, -0.2) is 14.2 Å². The first kappa shape index (κ1) is 10.7. The van der Waals surface area contributed by atoms with Gasteiger partial charge in [0.15, 0.2) is 23.1 Å². The van der Waals surface area contributed by atoms with Crippen molar-refractivity contribution in [3.8, 4) is 11.5 Å². The van der Waals surface area contributed by atoms with Crippen LogP contribution < -0.4 is 15.2 Å². The van der Waals surface area contributed by atoms with Gasteiger partial charge >= 0.3 is 0 Å². The maximum absolute atomic E-state index is 13.3. The van der Waals surface area contributed by atoms with Crippen molar-refractivity contribution in [2.75, 3.05) is 14.2 Å². The molecule has 0 unspecified atom stereocenters. The Hall–Kier alpha value is -1.36. The van der Waals surface area contributed by atoms with E-state index in [4.69, 9.17) is 15.2 Å². The van der Waals surface area contributed by atoms with E-state index in [1.807, 2.05) is 0 Å². The Kier molecular flexibility index (Phi) is 3.24. The predicted octanol–water partition coefficient (Wildman–Crippen LogP) is 1.44. The zero-order valence-corrected chi connectivity index (χ0v) is 7.93. The van der Waals surface area contributed by atoms with Crippen molar-refractivity contribution in [3.05, 3.63) is 23.3 Å². The molecular formula is C9H11F2NO2. The minimum atomic E-state index is -0.784. The summed E-state index contributed by atoms with van der Waals surface area (Å²) in [6.45, 7) is -0.245. The molecule has 0 saturated carbocycles. The minimum absolute atomic E-state index is 0.0799. The molecule has 78 valence electrons. The van der Waals surface area contributed by atoms with E-state index in [2.05, 4.69) is 0 Å². The third-order valence-corrected chi connectivity index (χ3v) is 1.87. The number of rotatable bonds is 3. The molecule has 0 heterocycles. The molecule has 0 radical (unpaired) electrons. The first-order valence-electron chi connectivity index (χ1n) is 3.94. The fourth-order valence-corrected chi connectivity index (χ4v) is 1.12. The van der Waals surface area contributed by atoms with Gasteiger partial charge in [0.2, 0.25) is 0 Å². The normalized spacial score (nSPS) is 10.1. The van der Waals surface area contributed by atoms with E-state index in [9.17, 15) is 8.78 Å². The van der Waals surface area contributed by atoms with Crippen LogP contribution >= 0.6 is 0 Å². The monoisotopic (exact) mass is 203 g/mol. The zero-order valence-electron chi connectivity index (χ0n) is 7.93. The van der Waals surface area contributed by atoms with Crippen LogP contribution in [0.3, 0.4) is 0 Å². The van der Waals surface area contributed by atoms with E-state index in [0.29, 0.717) is 0 Å². The van der Waals surface area contributed by atoms with Gasteiger partial charge in [-0.25, -0.2) is 8.78 Å². The zero-order chi connectivity index (χ0) is 10.7. The molecule has 0 saturated heterocycles. The van der Waals surface area contributed by atoms with E-state index >= 15 is 0 Å². The van der Waals surface area contributed by atoms with Crippen molar-refractivity contribution in [1.29, 1.82) is 0 Å². The molecule has 1 aromatic rings. The SMILES string of the molecule is COc1cc(OC)c(F)c(CN)c1F. The highest BCUT2D eigenvalue weighted by Gasteiger charge is 2.18. The second kappa shape index (κ2) is 4.23. The molecule has 1 rings (SSSR count). The summed E-state index contributed by atoms with van der Waals surface area (Å²) in [5.74, 6) is -1.73. The highest BCUT2D eigenvalue weighted by Crippen LogP contribution is 2.30. The fourth-order valence-electron chi connectivity index (χ4n) is 1.12. The summed E-state index contributed by atoms with van der Waals surface area (Å²) >= 11 is 0. The summed E-state index contributed by atoms with van der Waals surface area (Å²) in [6.07, 6.45) is 0. The Morgan fingerprint density at radius 1 is 1.14 bits per heavy atom. The van der Waals surface area contributed by atoms with Gasteiger partial charge in [-0.2, -0.15) is 0 Å². The quantitative estimate of drug-likeness (QED) is 0.808. The smallest absolute Gasteiger partial charge is 0.172 e. The van der Waals surface area contributed by atoms with Crippen molar-refractivity contribution < 1.29 is 18.3 Å². The molecule has 0 aliphatic rings. The Balaban J connectivity index is 3.39. The molecule has 3 nitrogen and oxygen atoms in total. The molecule has 0 fully saturated rings. The van der Waals surface area contributed by atoms with Crippen LogP contribution in [0.15, 0.2) is 6.07 Å². The third kappa shape index (κ3) is 1.63. The standard InChI is InChI=1S/C9H11F2NO2/c1-13-6-3-7(14-2)9(11)5(4-12)8(6)10/h3H,4,12H2,1-2H3. The van der Waals surface area contributed by atoms with Crippen molar-refractivity contribution in [1.82, 2.24) is 0 Å². The summed E-state index contributed by atoms with van der Waals surface area (Å²) in [5, 5.41) is 0. The number of hydrogen-bond donors (Lipinski definition) is 1. The number of ether oxygens (including phenoxy) is 2. The molecule has 1 aromatic carbocycles. The van der Waals surface area contributed by atoms with Gasteiger partial charge in [-0.15, -0.1) is 0 Å². The highest BCUT2D eigenvalue weighted by molar-refractivity contribution is 5.41. The van der Waals surface area contributed by atoms with E-state index in [1.165, 1.54) is 14.2 Å². The molecule has 0 spiro atoms. The molecule has 0 aliphatic carbocycles. The summed E-state index contributed by atoms with van der Waals surface area (Å²) in [4.78, 5) is 0. The van der Waals surface area contributed by atoms with Gasteiger partial charge in [0.25, 0.3) is 0 Å². The molecular weight excluding hydrogens is 192 g/mol. The second-order valence-electron chi connectivity index (χ2n) is 2.59. The highest BCUT2D eigenvalue weighted by atomic mass is 19.1. The van der Waals surface area contributed by atoms with Gasteiger partial charge < -0.3 is 15.2 Å². The lowest BCUT2D eigenvalue weighted by atomic mass is 10.1. The number of benzene rings is 1. The van der Waals surface area contributed by atoms with Crippen LogP contribution in [0.2, 0.25) is 0 Å². The lowest BCUT2D eigenvalue weighted by molar-refractivity contribution is 0.353. The molecule has 2 N–H and O–H groups in total. The number of methoxy groups -OCH3 is 2. The van der Waals surface area contributed by atoms with Crippen LogP contribution in [0.25, 0.3) is 0 Å². The van der Waals surface area contributed by atoms with E-state index in [0.717, 1.165) is 6.07 Å². The molecule has 0 amide bonds. The molecule has 14 heavy (non-hydrogen) atoms. The largest absolute Gasteiger partial charge is 0.494 e. The molecule has 5 heteroatoms. The molecule has 0 aliphatic heterocycles. The summed E-state index contributed by atoms with van der Waals surface area (Å²) < 4.78 is 36.1. The summed E-state index contributed by atoms with van der Waals surface area (Å²) in [7, 11) is 2.58. The average molecular weight is 203 g/mol. The maximum Gasteiger partial charge on any atom is 0.172 e. The van der Waals surface area contributed by atoms with E-state index in [1.54, 1.807) is 0 Å². The first-order chi connectivity index (χ1) is 6.65. The van der Waals surface area contributed by atoms with Crippen molar-refractivity contribution in [2.45, 2.75) is 6.54 Å². The van der Waals surface area contributed by atoms with Gasteiger partial charge in [-0.1, -0.05) is 0 Å². The molecule has 0 bridgehead atoms. The van der Waals surface area contributed by atoms with Crippen LogP contribution in [0.1, 0.15) is 5.56 Å². The van der Waals surface area contributed by atoms with E-state index in [-0.39, 0.29) is 23.6 Å². The Labute approximate surface area is 80.4 Å². The Morgan fingerprint density at radius 2 is 1.57 bits per heavy atom. The number of hydrogen-bond acceptors (Lipinski definition) is 3. The van der Waals surface area contributed by atoms with Gasteiger partial charge in [-0.3, -0.25) is 0 Å². The average Bonchev–Trinajstić information content (AvgIpc) is 2.19. The van der Waals surface area contributed by atoms with Crippen LogP contribution in [-0.2, 0) is 6.54 Å². The lowest BCUT2D eigenvalue weighted by Gasteiger charge is -2.10. The maximum atomic E-state index is 13.3. The molecule has 0 atom stereocenters. The van der Waals surface area contributed by atoms with Crippen LogP contribution in [0.4, 0.5) is 8.78 Å².